The maximum atomic E-state index is 7.46. The summed E-state index contributed by atoms with van der Waals surface area (Å²) in [5.41, 5.74) is 5.36. The predicted octanol–water partition coefficient (Wildman–Crippen LogP) is 2.70. The van der Waals surface area contributed by atoms with Crippen molar-refractivity contribution in [1.82, 2.24) is 9.97 Å². The predicted molar refractivity (Wildman–Crippen MR) is 72.3 cm³/mol. The number of nitrogens with one attached hydrogen (secondary N) is 1. The third kappa shape index (κ3) is 5.17. The average molecular weight is 252 g/mol. The van der Waals surface area contributed by atoms with Crippen LogP contribution in [0.25, 0.3) is 0 Å². The van der Waals surface area contributed by atoms with Gasteiger partial charge >= 0.3 is 0 Å². The Bertz CT molecular complexity index is 351. The number of rotatable bonds is 7. The highest BCUT2D eigenvalue weighted by molar-refractivity contribution is 7.99. The Kier molecular flexibility index (Phi) is 5.41. The van der Waals surface area contributed by atoms with Gasteiger partial charge in [-0.15, -0.1) is 0 Å². The molecule has 0 aliphatic rings. The summed E-state index contributed by atoms with van der Waals surface area (Å²) in [6, 6.07) is 1.82. The molecule has 0 aliphatic carbocycles. The van der Waals surface area contributed by atoms with Crippen molar-refractivity contribution in [1.29, 1.82) is 5.41 Å². The van der Waals surface area contributed by atoms with E-state index in [0.717, 1.165) is 30.2 Å². The molecule has 0 aromatic carbocycles. The molecule has 0 amide bonds. The summed E-state index contributed by atoms with van der Waals surface area (Å²) in [5.74, 6) is 1.29. The summed E-state index contributed by atoms with van der Waals surface area (Å²) in [6.07, 6.45) is 6.65. The van der Waals surface area contributed by atoms with Gasteiger partial charge in [0.25, 0.3) is 0 Å². The summed E-state index contributed by atoms with van der Waals surface area (Å²) < 4.78 is 0. The number of thioether (sulfide) groups is 1. The second-order valence-corrected chi connectivity index (χ2v) is 5.70. The van der Waals surface area contributed by atoms with Crippen LogP contribution in [0, 0.1) is 10.8 Å². The molecular formula is C12H20N4S. The van der Waals surface area contributed by atoms with Gasteiger partial charge in [0.2, 0.25) is 0 Å². The van der Waals surface area contributed by atoms with Gasteiger partial charge in [-0.3, -0.25) is 5.41 Å². The highest BCUT2D eigenvalue weighted by Gasteiger charge is 2.20. The monoisotopic (exact) mass is 252 g/mol. The van der Waals surface area contributed by atoms with Crippen LogP contribution in [0.4, 0.5) is 0 Å². The second kappa shape index (κ2) is 6.59. The Hall–Kier alpha value is -1.10. The van der Waals surface area contributed by atoms with Gasteiger partial charge in [-0.2, -0.15) is 0 Å². The Balaban J connectivity index is 2.15. The minimum Gasteiger partial charge on any atom is -0.387 e. The van der Waals surface area contributed by atoms with Crippen molar-refractivity contribution in [3.63, 3.8) is 0 Å². The molecule has 0 atom stereocenters. The lowest BCUT2D eigenvalue weighted by Crippen LogP contribution is -2.30. The number of aromatic nitrogens is 2. The molecule has 5 heteroatoms. The molecule has 0 unspecified atom stereocenters. The van der Waals surface area contributed by atoms with Gasteiger partial charge in [0, 0.05) is 23.6 Å². The summed E-state index contributed by atoms with van der Waals surface area (Å²) in [7, 11) is 0. The molecule has 1 aromatic heterocycles. The van der Waals surface area contributed by atoms with Crippen LogP contribution in [-0.4, -0.2) is 21.6 Å². The standard InChI is InChI=1S/C12H20N4S/c1-12(2,10(13)14)6-3-4-9-17-11-15-7-5-8-16-11/h5,7-8H,3-4,6,9H2,1-2H3,(H3,13,14). The van der Waals surface area contributed by atoms with Crippen molar-refractivity contribution in [2.24, 2.45) is 11.1 Å². The van der Waals surface area contributed by atoms with Crippen LogP contribution in [0.2, 0.25) is 0 Å². The van der Waals surface area contributed by atoms with E-state index in [1.807, 2.05) is 19.9 Å². The third-order valence-corrected chi connectivity index (χ3v) is 3.66. The summed E-state index contributed by atoms with van der Waals surface area (Å²) >= 11 is 1.67. The van der Waals surface area contributed by atoms with Gasteiger partial charge in [-0.05, 0) is 18.9 Å². The summed E-state index contributed by atoms with van der Waals surface area (Å²) in [6.45, 7) is 4.03. The van der Waals surface area contributed by atoms with E-state index < -0.39 is 0 Å². The number of unbranched alkanes of at least 4 members (excludes halogenated alkanes) is 1. The largest absolute Gasteiger partial charge is 0.387 e. The molecule has 3 N–H and O–H groups in total. The third-order valence-electron chi connectivity index (χ3n) is 2.70. The van der Waals surface area contributed by atoms with Crippen LogP contribution >= 0.6 is 11.8 Å². The van der Waals surface area contributed by atoms with E-state index in [4.69, 9.17) is 11.1 Å². The first-order chi connectivity index (χ1) is 8.02. The lowest BCUT2D eigenvalue weighted by Gasteiger charge is -2.22. The van der Waals surface area contributed by atoms with Gasteiger partial charge in [0.1, 0.15) is 0 Å². The van der Waals surface area contributed by atoms with Crippen molar-refractivity contribution in [3.8, 4) is 0 Å². The minimum absolute atomic E-state index is 0.173. The zero-order valence-electron chi connectivity index (χ0n) is 10.4. The SMILES string of the molecule is CC(C)(CCCCSc1ncccn1)C(=N)N. The van der Waals surface area contributed by atoms with Crippen LogP contribution in [0.1, 0.15) is 33.1 Å². The number of nitrogens with zero attached hydrogens (tertiary/aromatic N) is 2. The minimum atomic E-state index is -0.173. The highest BCUT2D eigenvalue weighted by Crippen LogP contribution is 2.23. The van der Waals surface area contributed by atoms with Gasteiger partial charge in [0.05, 0.1) is 5.84 Å². The molecule has 1 rings (SSSR count). The zero-order valence-corrected chi connectivity index (χ0v) is 11.3. The molecule has 1 heterocycles. The fourth-order valence-corrected chi connectivity index (χ4v) is 2.13. The number of amidine groups is 1. The molecule has 0 saturated heterocycles. The van der Waals surface area contributed by atoms with E-state index in [2.05, 4.69) is 9.97 Å². The fraction of sp³-hybridized carbons (Fsp3) is 0.583. The molecule has 0 saturated carbocycles. The lowest BCUT2D eigenvalue weighted by atomic mass is 9.86. The van der Waals surface area contributed by atoms with Crippen LogP contribution in [0.5, 0.6) is 0 Å². The molecule has 0 fully saturated rings. The van der Waals surface area contributed by atoms with Crippen molar-refractivity contribution >= 4 is 17.6 Å². The van der Waals surface area contributed by atoms with Crippen LogP contribution in [0.3, 0.4) is 0 Å². The fourth-order valence-electron chi connectivity index (χ4n) is 1.33. The van der Waals surface area contributed by atoms with Gasteiger partial charge in [-0.1, -0.05) is 32.0 Å². The van der Waals surface area contributed by atoms with Crippen molar-refractivity contribution in [2.45, 2.75) is 38.3 Å². The topological polar surface area (TPSA) is 75.7 Å². The van der Waals surface area contributed by atoms with Gasteiger partial charge < -0.3 is 5.73 Å². The molecule has 17 heavy (non-hydrogen) atoms. The van der Waals surface area contributed by atoms with E-state index in [-0.39, 0.29) is 11.3 Å². The second-order valence-electron chi connectivity index (χ2n) is 4.63. The Labute approximate surface area is 107 Å². The Morgan fingerprint density at radius 2 is 2.00 bits per heavy atom. The number of hydrogen-bond donors (Lipinski definition) is 2. The van der Waals surface area contributed by atoms with E-state index in [9.17, 15) is 0 Å². The Morgan fingerprint density at radius 3 is 2.59 bits per heavy atom. The van der Waals surface area contributed by atoms with Crippen LogP contribution in [0.15, 0.2) is 23.6 Å². The average Bonchev–Trinajstić information content (AvgIpc) is 2.29. The molecule has 0 spiro atoms. The molecule has 4 nitrogen and oxygen atoms in total. The first-order valence-electron chi connectivity index (χ1n) is 5.77. The van der Waals surface area contributed by atoms with E-state index >= 15 is 0 Å². The van der Waals surface area contributed by atoms with E-state index in [1.165, 1.54) is 0 Å². The van der Waals surface area contributed by atoms with Crippen molar-refractivity contribution in [2.75, 3.05) is 5.75 Å². The van der Waals surface area contributed by atoms with Gasteiger partial charge in [-0.25, -0.2) is 9.97 Å². The molecular weight excluding hydrogens is 232 g/mol. The number of hydrogen-bond acceptors (Lipinski definition) is 4. The smallest absolute Gasteiger partial charge is 0.187 e. The van der Waals surface area contributed by atoms with Crippen LogP contribution < -0.4 is 5.73 Å². The Morgan fingerprint density at radius 1 is 1.35 bits per heavy atom. The maximum Gasteiger partial charge on any atom is 0.187 e. The van der Waals surface area contributed by atoms with Crippen molar-refractivity contribution < 1.29 is 0 Å². The molecule has 0 aliphatic heterocycles. The molecule has 1 aromatic rings. The maximum absolute atomic E-state index is 7.46. The molecule has 94 valence electrons. The lowest BCUT2D eigenvalue weighted by molar-refractivity contribution is 0.448. The van der Waals surface area contributed by atoms with Crippen LogP contribution in [-0.2, 0) is 0 Å². The molecule has 0 radical (unpaired) electrons. The first kappa shape index (κ1) is 14.0. The summed E-state index contributed by atoms with van der Waals surface area (Å²) in [5, 5.41) is 8.30. The quantitative estimate of drug-likeness (QED) is 0.257. The first-order valence-corrected chi connectivity index (χ1v) is 6.75. The van der Waals surface area contributed by atoms with Gasteiger partial charge in [0.15, 0.2) is 5.16 Å². The molecule has 0 bridgehead atoms. The van der Waals surface area contributed by atoms with E-state index in [0.29, 0.717) is 0 Å². The normalized spacial score (nSPS) is 11.4. The van der Waals surface area contributed by atoms with E-state index in [1.54, 1.807) is 24.2 Å². The zero-order chi connectivity index (χ0) is 12.7. The highest BCUT2D eigenvalue weighted by atomic mass is 32.2. The summed E-state index contributed by atoms with van der Waals surface area (Å²) in [4.78, 5) is 8.30. The number of nitrogens with two attached hydrogens (primary N) is 1. The van der Waals surface area contributed by atoms with Crippen molar-refractivity contribution in [3.05, 3.63) is 18.5 Å².